The standard InChI is InChI=1S/C16H17NO5/c1-4-22-16-11(14(20)15(16)21)17-10-7-5-6-9(13(10)19)12(18)8(2)3/h5-8,17,19H,4H2,1-3H3. The van der Waals surface area contributed by atoms with Crippen LogP contribution < -0.4 is 20.9 Å². The Kier molecular flexibility index (Phi) is 4.30. The van der Waals surface area contributed by atoms with Crippen LogP contribution in [0.2, 0.25) is 0 Å². The Morgan fingerprint density at radius 3 is 2.55 bits per heavy atom. The molecule has 0 saturated carbocycles. The van der Waals surface area contributed by atoms with Crippen molar-refractivity contribution in [1.29, 1.82) is 0 Å². The Hall–Kier alpha value is -2.63. The summed E-state index contributed by atoms with van der Waals surface area (Å²) in [4.78, 5) is 35.0. The van der Waals surface area contributed by atoms with Crippen LogP contribution in [0.5, 0.6) is 11.5 Å². The molecule has 22 heavy (non-hydrogen) atoms. The first-order valence-corrected chi connectivity index (χ1v) is 6.97. The fourth-order valence-electron chi connectivity index (χ4n) is 2.06. The summed E-state index contributed by atoms with van der Waals surface area (Å²) in [5.41, 5.74) is -1.06. The van der Waals surface area contributed by atoms with Crippen LogP contribution in [0.15, 0.2) is 27.8 Å². The van der Waals surface area contributed by atoms with Crippen LogP contribution in [0.25, 0.3) is 0 Å². The number of phenolic OH excluding ortho intramolecular Hbond substituents is 1. The van der Waals surface area contributed by atoms with Crippen LogP contribution in [-0.2, 0) is 0 Å². The van der Waals surface area contributed by atoms with Crippen molar-refractivity contribution in [2.24, 2.45) is 5.92 Å². The van der Waals surface area contributed by atoms with Crippen LogP contribution >= 0.6 is 0 Å². The molecule has 0 radical (unpaired) electrons. The zero-order valence-electron chi connectivity index (χ0n) is 12.6. The molecule has 2 aromatic carbocycles. The van der Waals surface area contributed by atoms with Crippen molar-refractivity contribution in [2.75, 3.05) is 11.9 Å². The minimum absolute atomic E-state index is 0.00343. The highest BCUT2D eigenvalue weighted by atomic mass is 16.5. The number of carbonyl (C=O) groups is 1. The van der Waals surface area contributed by atoms with Crippen LogP contribution in [-0.4, -0.2) is 17.5 Å². The van der Waals surface area contributed by atoms with Crippen molar-refractivity contribution in [3.63, 3.8) is 0 Å². The molecule has 0 bridgehead atoms. The average Bonchev–Trinajstić information content (AvgIpc) is 2.51. The van der Waals surface area contributed by atoms with Gasteiger partial charge in [-0.2, -0.15) is 0 Å². The first kappa shape index (κ1) is 15.8. The maximum Gasteiger partial charge on any atom is 0.272 e. The third-order valence-electron chi connectivity index (χ3n) is 3.24. The number of Topliss-reactive ketones (excluding diaryl/α,β-unsaturated/α-hetero) is 1. The number of anilines is 2. The van der Waals surface area contributed by atoms with Crippen molar-refractivity contribution >= 4 is 17.2 Å². The number of hydrogen-bond donors (Lipinski definition) is 2. The molecular weight excluding hydrogens is 286 g/mol. The molecule has 0 aliphatic rings. The van der Waals surface area contributed by atoms with Gasteiger partial charge in [0, 0.05) is 5.92 Å². The van der Waals surface area contributed by atoms with E-state index in [-0.39, 0.29) is 46.7 Å². The molecule has 0 fully saturated rings. The lowest BCUT2D eigenvalue weighted by Gasteiger charge is -2.15. The summed E-state index contributed by atoms with van der Waals surface area (Å²) in [7, 11) is 0. The maximum atomic E-state index is 12.0. The molecule has 0 spiro atoms. The van der Waals surface area contributed by atoms with Gasteiger partial charge in [0.05, 0.1) is 17.9 Å². The van der Waals surface area contributed by atoms with Gasteiger partial charge in [-0.15, -0.1) is 0 Å². The molecule has 6 nitrogen and oxygen atoms in total. The largest absolute Gasteiger partial charge is 0.505 e. The van der Waals surface area contributed by atoms with E-state index in [9.17, 15) is 19.5 Å². The molecule has 0 heterocycles. The Bertz CT molecular complexity index is 784. The predicted octanol–water partition coefficient (Wildman–Crippen LogP) is 1.97. The average molecular weight is 303 g/mol. The minimum Gasteiger partial charge on any atom is -0.505 e. The molecule has 0 saturated heterocycles. The van der Waals surface area contributed by atoms with Crippen LogP contribution in [0.4, 0.5) is 11.4 Å². The lowest BCUT2D eigenvalue weighted by atomic mass is 9.99. The second-order valence-corrected chi connectivity index (χ2v) is 5.14. The summed E-state index contributed by atoms with van der Waals surface area (Å²) in [5.74, 6) is -0.786. The van der Waals surface area contributed by atoms with Crippen molar-refractivity contribution in [1.82, 2.24) is 0 Å². The van der Waals surface area contributed by atoms with Crippen LogP contribution in [0.3, 0.4) is 0 Å². The van der Waals surface area contributed by atoms with E-state index >= 15 is 0 Å². The second kappa shape index (κ2) is 6.01. The molecule has 0 aliphatic carbocycles. The van der Waals surface area contributed by atoms with Gasteiger partial charge in [-0.3, -0.25) is 14.4 Å². The van der Waals surface area contributed by atoms with E-state index in [2.05, 4.69) is 5.32 Å². The van der Waals surface area contributed by atoms with Crippen molar-refractivity contribution < 1.29 is 14.6 Å². The lowest BCUT2D eigenvalue weighted by Crippen LogP contribution is -2.35. The van der Waals surface area contributed by atoms with E-state index in [1.54, 1.807) is 26.8 Å². The smallest absolute Gasteiger partial charge is 0.272 e. The van der Waals surface area contributed by atoms with Gasteiger partial charge >= 0.3 is 0 Å². The third-order valence-corrected chi connectivity index (χ3v) is 3.24. The van der Waals surface area contributed by atoms with Crippen LogP contribution in [0, 0.1) is 5.92 Å². The summed E-state index contributed by atoms with van der Waals surface area (Å²) in [5, 5.41) is 12.9. The Morgan fingerprint density at radius 1 is 1.27 bits per heavy atom. The highest BCUT2D eigenvalue weighted by molar-refractivity contribution is 6.01. The molecule has 116 valence electrons. The van der Waals surface area contributed by atoms with E-state index in [1.165, 1.54) is 12.1 Å². The number of ether oxygens (including phenoxy) is 1. The molecule has 0 unspecified atom stereocenters. The summed E-state index contributed by atoms with van der Waals surface area (Å²) < 4.78 is 5.10. The first-order chi connectivity index (χ1) is 10.4. The monoisotopic (exact) mass is 303 g/mol. The predicted molar refractivity (Wildman–Crippen MR) is 83.1 cm³/mol. The Labute approximate surface area is 127 Å². The van der Waals surface area contributed by atoms with Crippen molar-refractivity contribution in [3.05, 3.63) is 44.2 Å². The van der Waals surface area contributed by atoms with Gasteiger partial charge in [0.25, 0.3) is 10.9 Å². The Balaban J connectivity index is 2.38. The van der Waals surface area contributed by atoms with E-state index in [0.29, 0.717) is 0 Å². The lowest BCUT2D eigenvalue weighted by molar-refractivity contribution is 0.0937. The molecule has 2 N–H and O–H groups in total. The molecule has 0 aliphatic heterocycles. The first-order valence-electron chi connectivity index (χ1n) is 6.97. The SMILES string of the molecule is CCOc1c(Nc2cccc(C(=O)C(C)C)c2O)c(=O)c1=O. The van der Waals surface area contributed by atoms with Crippen molar-refractivity contribution in [2.45, 2.75) is 20.8 Å². The zero-order chi connectivity index (χ0) is 16.4. The number of benzene rings is 1. The highest BCUT2D eigenvalue weighted by Crippen LogP contribution is 2.33. The van der Waals surface area contributed by atoms with Crippen LogP contribution in [0.1, 0.15) is 31.1 Å². The summed E-state index contributed by atoms with van der Waals surface area (Å²) in [6, 6.07) is 4.61. The number of hydrogen-bond acceptors (Lipinski definition) is 6. The van der Waals surface area contributed by atoms with E-state index in [1.807, 2.05) is 0 Å². The number of aromatic hydroxyl groups is 1. The number of nitrogens with one attached hydrogen (secondary N) is 1. The van der Waals surface area contributed by atoms with Crippen molar-refractivity contribution in [3.8, 4) is 11.5 Å². The summed E-state index contributed by atoms with van der Waals surface area (Å²) in [6.07, 6.45) is 0. The van der Waals surface area contributed by atoms with Gasteiger partial charge < -0.3 is 15.2 Å². The van der Waals surface area contributed by atoms with Gasteiger partial charge in [0.2, 0.25) is 0 Å². The highest BCUT2D eigenvalue weighted by Gasteiger charge is 2.24. The van der Waals surface area contributed by atoms with E-state index in [0.717, 1.165) is 0 Å². The molecule has 0 aromatic heterocycles. The number of para-hydroxylation sites is 1. The van der Waals surface area contributed by atoms with Gasteiger partial charge in [0.1, 0.15) is 11.4 Å². The quantitative estimate of drug-likeness (QED) is 0.481. The van der Waals surface area contributed by atoms with Gasteiger partial charge in [-0.05, 0) is 19.1 Å². The van der Waals surface area contributed by atoms with E-state index in [4.69, 9.17) is 4.74 Å². The molecule has 2 aromatic rings. The zero-order valence-corrected chi connectivity index (χ0v) is 12.6. The molecule has 0 amide bonds. The normalized spacial score (nSPS) is 10.9. The summed E-state index contributed by atoms with van der Waals surface area (Å²) >= 11 is 0. The van der Waals surface area contributed by atoms with Gasteiger partial charge in [-0.25, -0.2) is 0 Å². The topological polar surface area (TPSA) is 92.7 Å². The number of carbonyl (C=O) groups excluding carboxylic acids is 1. The summed E-state index contributed by atoms with van der Waals surface area (Å²) in [6.45, 7) is 5.40. The fourth-order valence-corrected chi connectivity index (χ4v) is 2.06. The molecule has 0 atom stereocenters. The minimum atomic E-state index is -0.705. The number of ketones is 1. The Morgan fingerprint density at radius 2 is 1.95 bits per heavy atom. The third kappa shape index (κ3) is 2.59. The molecule has 2 rings (SSSR count). The molecule has 6 heteroatoms. The second-order valence-electron chi connectivity index (χ2n) is 5.14. The van der Waals surface area contributed by atoms with Gasteiger partial charge in [0.15, 0.2) is 11.5 Å². The maximum absolute atomic E-state index is 12.0. The number of phenols is 1. The van der Waals surface area contributed by atoms with E-state index < -0.39 is 10.9 Å². The fraction of sp³-hybridized carbons (Fsp3) is 0.312. The number of rotatable bonds is 6. The van der Waals surface area contributed by atoms with Gasteiger partial charge in [-0.1, -0.05) is 19.9 Å². The molecular formula is C16H17NO5.